The summed E-state index contributed by atoms with van der Waals surface area (Å²) in [5.41, 5.74) is 5.37. The Morgan fingerprint density at radius 3 is 2.83 bits per heavy atom. The third kappa shape index (κ3) is 2.05. The van der Waals surface area contributed by atoms with Gasteiger partial charge in [0.2, 0.25) is 11.1 Å². The summed E-state index contributed by atoms with van der Waals surface area (Å²) in [6.45, 7) is 3.49. The Morgan fingerprint density at radius 2 is 2.42 bits per heavy atom. The van der Waals surface area contributed by atoms with E-state index in [0.29, 0.717) is 12.5 Å². The normalized spacial score (nSPS) is 10.2. The third-order valence-electron chi connectivity index (χ3n) is 1.45. The summed E-state index contributed by atoms with van der Waals surface area (Å²) < 4.78 is 3.85. The Labute approximate surface area is 75.0 Å². The van der Waals surface area contributed by atoms with Crippen LogP contribution in [0.1, 0.15) is 6.92 Å². The van der Waals surface area contributed by atoms with Gasteiger partial charge in [-0.15, -0.1) is 0 Å². The van der Waals surface area contributed by atoms with Crippen LogP contribution in [0, 0.1) is 0 Å². The Morgan fingerprint density at radius 1 is 1.67 bits per heavy atom. The molecule has 1 rings (SSSR count). The zero-order valence-corrected chi connectivity index (χ0v) is 7.71. The van der Waals surface area contributed by atoms with E-state index in [-0.39, 0.29) is 6.61 Å². The minimum Gasteiger partial charge on any atom is -0.395 e. The average Bonchev–Trinajstić information content (AvgIpc) is 2.47. The van der Waals surface area contributed by atoms with E-state index < -0.39 is 0 Å². The standard InChI is InChI=1S/C6H12N4OS/c1-2-10(3-4-11)6-8-5(7)9-12-6/h11H,2-4H2,1H3,(H2,7,9). The van der Waals surface area contributed by atoms with Crippen molar-refractivity contribution in [3.8, 4) is 0 Å². The van der Waals surface area contributed by atoms with Gasteiger partial charge < -0.3 is 15.7 Å². The molecule has 0 aliphatic rings. The molecule has 6 heteroatoms. The van der Waals surface area contributed by atoms with Crippen LogP contribution in [-0.4, -0.2) is 34.2 Å². The fourth-order valence-electron chi connectivity index (χ4n) is 0.865. The summed E-state index contributed by atoms with van der Waals surface area (Å²) in [6.07, 6.45) is 0. The first-order chi connectivity index (χ1) is 5.77. The number of hydrogen-bond acceptors (Lipinski definition) is 6. The number of aliphatic hydroxyl groups excluding tert-OH is 1. The number of nitrogens with two attached hydrogens (primary N) is 1. The maximum absolute atomic E-state index is 8.72. The molecule has 0 saturated carbocycles. The van der Waals surface area contributed by atoms with Gasteiger partial charge in [-0.3, -0.25) is 0 Å². The van der Waals surface area contributed by atoms with Gasteiger partial charge in [-0.1, -0.05) is 0 Å². The summed E-state index contributed by atoms with van der Waals surface area (Å²) in [5, 5.41) is 9.49. The number of aromatic nitrogens is 2. The number of rotatable bonds is 4. The molecule has 0 radical (unpaired) electrons. The van der Waals surface area contributed by atoms with Gasteiger partial charge in [0.25, 0.3) is 0 Å². The molecule has 0 aromatic carbocycles. The zero-order chi connectivity index (χ0) is 8.97. The molecule has 1 aromatic heterocycles. The fourth-order valence-corrected chi connectivity index (χ4v) is 1.55. The monoisotopic (exact) mass is 188 g/mol. The summed E-state index contributed by atoms with van der Waals surface area (Å²) in [6, 6.07) is 0. The topological polar surface area (TPSA) is 75.3 Å². The predicted molar refractivity (Wildman–Crippen MR) is 49.3 cm³/mol. The quantitative estimate of drug-likeness (QED) is 0.692. The van der Waals surface area contributed by atoms with Crippen molar-refractivity contribution in [2.24, 2.45) is 0 Å². The van der Waals surface area contributed by atoms with Gasteiger partial charge in [-0.2, -0.15) is 9.36 Å². The first-order valence-electron chi connectivity index (χ1n) is 3.73. The van der Waals surface area contributed by atoms with E-state index in [9.17, 15) is 0 Å². The highest BCUT2D eigenvalue weighted by atomic mass is 32.1. The van der Waals surface area contributed by atoms with E-state index in [2.05, 4.69) is 9.36 Å². The molecule has 0 aliphatic carbocycles. The van der Waals surface area contributed by atoms with Crippen LogP contribution in [0.25, 0.3) is 0 Å². The number of nitrogen functional groups attached to an aromatic ring is 1. The van der Waals surface area contributed by atoms with Crippen molar-refractivity contribution in [1.29, 1.82) is 0 Å². The summed E-state index contributed by atoms with van der Waals surface area (Å²) >= 11 is 1.25. The second kappa shape index (κ2) is 4.22. The van der Waals surface area contributed by atoms with Crippen molar-refractivity contribution in [3.05, 3.63) is 0 Å². The van der Waals surface area contributed by atoms with Gasteiger partial charge in [0.15, 0.2) is 0 Å². The van der Waals surface area contributed by atoms with Crippen LogP contribution in [-0.2, 0) is 0 Å². The predicted octanol–water partition coefficient (Wildman–Crippen LogP) is -0.0611. The van der Waals surface area contributed by atoms with Gasteiger partial charge in [-0.05, 0) is 6.92 Å². The van der Waals surface area contributed by atoms with E-state index in [0.717, 1.165) is 11.7 Å². The molecule has 0 unspecified atom stereocenters. The van der Waals surface area contributed by atoms with Crippen LogP contribution in [0.5, 0.6) is 0 Å². The van der Waals surface area contributed by atoms with Crippen LogP contribution in [0.4, 0.5) is 11.1 Å². The number of aliphatic hydroxyl groups is 1. The van der Waals surface area contributed by atoms with E-state index >= 15 is 0 Å². The zero-order valence-electron chi connectivity index (χ0n) is 6.90. The number of likely N-dealkylation sites (N-methyl/N-ethyl adjacent to an activating group) is 1. The summed E-state index contributed by atoms with van der Waals surface area (Å²) in [7, 11) is 0. The molecular weight excluding hydrogens is 176 g/mol. The van der Waals surface area contributed by atoms with Crippen LogP contribution in [0.15, 0.2) is 0 Å². The maximum atomic E-state index is 8.72. The lowest BCUT2D eigenvalue weighted by atomic mass is 10.5. The smallest absolute Gasteiger partial charge is 0.233 e. The molecule has 0 saturated heterocycles. The molecule has 3 N–H and O–H groups in total. The first kappa shape index (κ1) is 9.21. The van der Waals surface area contributed by atoms with Crippen molar-refractivity contribution in [3.63, 3.8) is 0 Å². The number of nitrogens with zero attached hydrogens (tertiary/aromatic N) is 3. The van der Waals surface area contributed by atoms with Crippen LogP contribution in [0.2, 0.25) is 0 Å². The molecule has 0 bridgehead atoms. The van der Waals surface area contributed by atoms with E-state index in [4.69, 9.17) is 10.8 Å². The van der Waals surface area contributed by atoms with Crippen LogP contribution >= 0.6 is 11.5 Å². The van der Waals surface area contributed by atoms with Gasteiger partial charge in [0.1, 0.15) is 0 Å². The van der Waals surface area contributed by atoms with Crippen molar-refractivity contribution < 1.29 is 5.11 Å². The Bertz CT molecular complexity index is 239. The van der Waals surface area contributed by atoms with Gasteiger partial charge in [-0.25, -0.2) is 0 Å². The van der Waals surface area contributed by atoms with Gasteiger partial charge >= 0.3 is 0 Å². The van der Waals surface area contributed by atoms with Gasteiger partial charge in [0, 0.05) is 24.6 Å². The number of anilines is 2. The number of hydrogen-bond donors (Lipinski definition) is 2. The Hall–Kier alpha value is -0.880. The highest BCUT2D eigenvalue weighted by molar-refractivity contribution is 7.09. The van der Waals surface area contributed by atoms with E-state index in [1.54, 1.807) is 0 Å². The van der Waals surface area contributed by atoms with Crippen molar-refractivity contribution in [2.75, 3.05) is 30.3 Å². The molecule has 5 nitrogen and oxygen atoms in total. The first-order valence-corrected chi connectivity index (χ1v) is 4.50. The Balaban J connectivity index is 2.66. The molecule has 1 heterocycles. The molecule has 0 amide bonds. The van der Waals surface area contributed by atoms with E-state index in [1.165, 1.54) is 11.5 Å². The molecule has 0 aliphatic heterocycles. The molecule has 1 aromatic rings. The summed E-state index contributed by atoms with van der Waals surface area (Å²) in [5.74, 6) is 0.298. The second-order valence-corrected chi connectivity index (χ2v) is 2.97. The highest BCUT2D eigenvalue weighted by Crippen LogP contribution is 2.16. The SMILES string of the molecule is CCN(CCO)c1nc(N)ns1. The molecule has 12 heavy (non-hydrogen) atoms. The lowest BCUT2D eigenvalue weighted by Gasteiger charge is -2.16. The minimum atomic E-state index is 0.118. The largest absolute Gasteiger partial charge is 0.395 e. The molecule has 68 valence electrons. The average molecular weight is 188 g/mol. The summed E-state index contributed by atoms with van der Waals surface area (Å²) in [4.78, 5) is 5.93. The van der Waals surface area contributed by atoms with Crippen molar-refractivity contribution >= 4 is 22.6 Å². The van der Waals surface area contributed by atoms with Crippen LogP contribution < -0.4 is 10.6 Å². The van der Waals surface area contributed by atoms with Crippen molar-refractivity contribution in [1.82, 2.24) is 9.36 Å². The molecule has 0 atom stereocenters. The van der Waals surface area contributed by atoms with Gasteiger partial charge in [0.05, 0.1) is 6.61 Å². The molecule has 0 fully saturated rings. The Kier molecular flexibility index (Phi) is 3.24. The third-order valence-corrected chi connectivity index (χ3v) is 2.24. The fraction of sp³-hybridized carbons (Fsp3) is 0.667. The highest BCUT2D eigenvalue weighted by Gasteiger charge is 2.07. The van der Waals surface area contributed by atoms with Crippen molar-refractivity contribution in [2.45, 2.75) is 6.92 Å². The second-order valence-electron chi connectivity index (χ2n) is 2.24. The lowest BCUT2D eigenvalue weighted by molar-refractivity contribution is 0.302. The molecular formula is C6H12N4OS. The van der Waals surface area contributed by atoms with E-state index in [1.807, 2.05) is 11.8 Å². The lowest BCUT2D eigenvalue weighted by Crippen LogP contribution is -2.25. The van der Waals surface area contributed by atoms with Crippen LogP contribution in [0.3, 0.4) is 0 Å². The molecule has 0 spiro atoms. The minimum absolute atomic E-state index is 0.118. The maximum Gasteiger partial charge on any atom is 0.233 e.